The van der Waals surface area contributed by atoms with Gasteiger partial charge in [0.25, 0.3) is 0 Å². The molecule has 0 fully saturated rings. The van der Waals surface area contributed by atoms with Crippen LogP contribution in [0.5, 0.6) is 0 Å². The number of carbonyl (C=O) groups excluding carboxylic acids is 2. The van der Waals surface area contributed by atoms with Crippen LogP contribution in [0.25, 0.3) is 0 Å². The zero-order valence-electron chi connectivity index (χ0n) is 12.8. The highest BCUT2D eigenvalue weighted by Crippen LogP contribution is 2.34. The highest BCUT2D eigenvalue weighted by Gasteiger charge is 2.41. The van der Waals surface area contributed by atoms with E-state index >= 15 is 0 Å². The Morgan fingerprint density at radius 3 is 1.74 bits per heavy atom. The Balaban J connectivity index is 4.77. The van der Waals surface area contributed by atoms with Crippen LogP contribution < -0.4 is 0 Å². The molecule has 0 bridgehead atoms. The van der Waals surface area contributed by atoms with Crippen LogP contribution in [-0.4, -0.2) is 24.1 Å². The predicted octanol–water partition coefficient (Wildman–Crippen LogP) is 3.03. The lowest BCUT2D eigenvalue weighted by Gasteiger charge is -2.40. The molecule has 19 heavy (non-hydrogen) atoms. The average molecular weight is 268 g/mol. The predicted molar refractivity (Wildman–Crippen MR) is 74.5 cm³/mol. The van der Waals surface area contributed by atoms with Crippen molar-refractivity contribution in [3.8, 4) is 0 Å². The van der Waals surface area contributed by atoms with Crippen molar-refractivity contribution < 1.29 is 19.1 Å². The van der Waals surface area contributed by atoms with Crippen LogP contribution in [0.2, 0.25) is 0 Å². The minimum Gasteiger partial charge on any atom is -0.462 e. The Hall–Kier alpha value is -1.58. The van der Waals surface area contributed by atoms with E-state index in [4.69, 9.17) is 9.47 Å². The molecule has 108 valence electrons. The van der Waals surface area contributed by atoms with Gasteiger partial charge in [-0.05, 0) is 27.7 Å². The Labute approximate surface area is 115 Å². The summed E-state index contributed by atoms with van der Waals surface area (Å²) in [4.78, 5) is 23.0. The van der Waals surface area contributed by atoms with Crippen LogP contribution in [0, 0.1) is 5.41 Å². The van der Waals surface area contributed by atoms with Crippen LogP contribution in [-0.2, 0) is 19.1 Å². The van der Waals surface area contributed by atoms with Crippen molar-refractivity contribution in [3.05, 3.63) is 24.3 Å². The fraction of sp³-hybridized carbons (Fsp3) is 0.600. The highest BCUT2D eigenvalue weighted by molar-refractivity contribution is 5.87. The molecule has 0 atom stereocenters. The van der Waals surface area contributed by atoms with Crippen molar-refractivity contribution >= 4 is 11.9 Å². The van der Waals surface area contributed by atoms with E-state index in [1.54, 1.807) is 27.7 Å². The van der Waals surface area contributed by atoms with Gasteiger partial charge in [-0.1, -0.05) is 27.0 Å². The number of carbonyl (C=O) groups is 2. The van der Waals surface area contributed by atoms with Crippen molar-refractivity contribution in [2.24, 2.45) is 5.41 Å². The molecule has 0 amide bonds. The van der Waals surface area contributed by atoms with Crippen LogP contribution in [0.4, 0.5) is 0 Å². The molecule has 0 unspecified atom stereocenters. The molecule has 0 N–H and O–H groups in total. The van der Waals surface area contributed by atoms with Crippen molar-refractivity contribution in [3.63, 3.8) is 0 Å². The first-order valence-corrected chi connectivity index (χ1v) is 6.12. The van der Waals surface area contributed by atoms with Gasteiger partial charge in [-0.2, -0.15) is 0 Å². The van der Waals surface area contributed by atoms with Crippen molar-refractivity contribution in [2.75, 3.05) is 6.61 Å². The topological polar surface area (TPSA) is 52.6 Å². The third kappa shape index (κ3) is 4.89. The maximum absolute atomic E-state index is 11.6. The minimum atomic E-state index is -0.793. The third-order valence-corrected chi connectivity index (χ3v) is 3.24. The fourth-order valence-electron chi connectivity index (χ4n) is 1.000. The second-order valence-corrected chi connectivity index (χ2v) is 5.92. The second-order valence-electron chi connectivity index (χ2n) is 5.92. The quantitative estimate of drug-likeness (QED) is 0.549. The lowest BCUT2D eigenvalue weighted by Crippen LogP contribution is -2.46. The molecule has 4 heteroatoms. The van der Waals surface area contributed by atoms with Gasteiger partial charge in [0.1, 0.15) is 12.2 Å². The van der Waals surface area contributed by atoms with E-state index in [2.05, 4.69) is 13.2 Å². The zero-order chi connectivity index (χ0) is 15.4. The summed E-state index contributed by atoms with van der Waals surface area (Å²) in [7, 11) is 0. The lowest BCUT2D eigenvalue weighted by atomic mass is 9.77. The molecular weight excluding hydrogens is 244 g/mol. The zero-order valence-corrected chi connectivity index (χ0v) is 12.8. The molecule has 0 aromatic heterocycles. The second kappa shape index (κ2) is 6.04. The summed E-state index contributed by atoms with van der Waals surface area (Å²) in [5, 5.41) is 0. The molecule has 0 spiro atoms. The van der Waals surface area contributed by atoms with Crippen molar-refractivity contribution in [2.45, 2.75) is 47.1 Å². The Morgan fingerprint density at radius 1 is 0.947 bits per heavy atom. The molecule has 0 aliphatic heterocycles. The SMILES string of the molecule is C=C(C)C(=O)OCC(C)(C)C(C)(C)OC(=O)C(=C)C. The van der Waals surface area contributed by atoms with Crippen molar-refractivity contribution in [1.82, 2.24) is 0 Å². The largest absolute Gasteiger partial charge is 0.462 e. The molecule has 0 saturated carbocycles. The number of esters is 2. The minimum absolute atomic E-state index is 0.134. The number of hydrogen-bond donors (Lipinski definition) is 0. The number of ether oxygens (including phenoxy) is 2. The summed E-state index contributed by atoms with van der Waals surface area (Å²) in [6.07, 6.45) is 0. The molecular formula is C15H24O4. The van der Waals surface area contributed by atoms with E-state index in [9.17, 15) is 9.59 Å². The molecule has 0 aromatic rings. The summed E-state index contributed by atoms with van der Waals surface area (Å²) < 4.78 is 10.5. The van der Waals surface area contributed by atoms with Gasteiger partial charge in [0.05, 0.1) is 0 Å². The Kier molecular flexibility index (Phi) is 5.54. The monoisotopic (exact) mass is 268 g/mol. The molecule has 0 aliphatic rings. The highest BCUT2D eigenvalue weighted by atomic mass is 16.6. The summed E-state index contributed by atoms with van der Waals surface area (Å²) in [5.74, 6) is -0.903. The first-order valence-electron chi connectivity index (χ1n) is 6.12. The average Bonchev–Trinajstić information content (AvgIpc) is 2.24. The third-order valence-electron chi connectivity index (χ3n) is 3.24. The van der Waals surface area contributed by atoms with Gasteiger partial charge in [0.15, 0.2) is 0 Å². The molecule has 0 aliphatic carbocycles. The van der Waals surface area contributed by atoms with Crippen LogP contribution in [0.1, 0.15) is 41.5 Å². The first kappa shape index (κ1) is 17.4. The van der Waals surface area contributed by atoms with Crippen LogP contribution in [0.3, 0.4) is 0 Å². The van der Waals surface area contributed by atoms with Gasteiger partial charge in [-0.25, -0.2) is 9.59 Å². The summed E-state index contributed by atoms with van der Waals surface area (Å²) in [5.41, 5.74) is -0.655. The number of rotatable bonds is 6. The molecule has 0 aromatic carbocycles. The van der Waals surface area contributed by atoms with E-state index in [-0.39, 0.29) is 6.61 Å². The van der Waals surface area contributed by atoms with E-state index in [1.165, 1.54) is 0 Å². The normalized spacial score (nSPS) is 11.7. The number of hydrogen-bond acceptors (Lipinski definition) is 4. The standard InChI is InChI=1S/C15H24O4/c1-10(2)12(16)18-9-14(5,6)15(7,8)19-13(17)11(3)4/h1,3,9H2,2,4-8H3. The molecule has 0 radical (unpaired) electrons. The van der Waals surface area contributed by atoms with Crippen LogP contribution in [0.15, 0.2) is 24.3 Å². The van der Waals surface area contributed by atoms with E-state index in [1.807, 2.05) is 13.8 Å². The van der Waals surface area contributed by atoms with E-state index in [0.717, 1.165) is 0 Å². The van der Waals surface area contributed by atoms with Gasteiger partial charge in [-0.15, -0.1) is 0 Å². The van der Waals surface area contributed by atoms with Crippen molar-refractivity contribution in [1.29, 1.82) is 0 Å². The summed E-state index contributed by atoms with van der Waals surface area (Å²) in [6.45, 7) is 17.7. The maximum atomic E-state index is 11.6. The Morgan fingerprint density at radius 2 is 1.37 bits per heavy atom. The Bertz CT molecular complexity index is 402. The molecule has 0 heterocycles. The fourth-order valence-corrected chi connectivity index (χ4v) is 1.000. The van der Waals surface area contributed by atoms with E-state index < -0.39 is 23.0 Å². The van der Waals surface area contributed by atoms with Crippen LogP contribution >= 0.6 is 0 Å². The van der Waals surface area contributed by atoms with Gasteiger partial charge < -0.3 is 9.47 Å². The summed E-state index contributed by atoms with van der Waals surface area (Å²) >= 11 is 0. The summed E-state index contributed by atoms with van der Waals surface area (Å²) in [6, 6.07) is 0. The maximum Gasteiger partial charge on any atom is 0.333 e. The molecule has 0 saturated heterocycles. The molecule has 4 nitrogen and oxygen atoms in total. The first-order chi connectivity index (χ1) is 8.40. The van der Waals surface area contributed by atoms with Gasteiger partial charge in [-0.3, -0.25) is 0 Å². The lowest BCUT2D eigenvalue weighted by molar-refractivity contribution is -0.170. The molecule has 0 rings (SSSR count). The van der Waals surface area contributed by atoms with E-state index in [0.29, 0.717) is 11.1 Å². The van der Waals surface area contributed by atoms with Gasteiger partial charge >= 0.3 is 11.9 Å². The smallest absolute Gasteiger partial charge is 0.333 e. The van der Waals surface area contributed by atoms with Gasteiger partial charge in [0, 0.05) is 16.6 Å². The van der Waals surface area contributed by atoms with Gasteiger partial charge in [0.2, 0.25) is 0 Å².